The standard InChI is InChI=1S/C10H22N2/c1-3-7-11-9-5-6-10-12-8-4-2/h5-6,11-12H,3-4,7-10H2,1-2H3/b6-5+. The van der Waals surface area contributed by atoms with Crippen LogP contribution in [0.5, 0.6) is 0 Å². The summed E-state index contributed by atoms with van der Waals surface area (Å²) in [5.74, 6) is 0. The highest BCUT2D eigenvalue weighted by Crippen LogP contribution is 1.73. The van der Waals surface area contributed by atoms with Crippen LogP contribution in [0.2, 0.25) is 0 Å². The third-order valence-corrected chi connectivity index (χ3v) is 1.54. The average Bonchev–Trinajstić information content (AvgIpc) is 2.10. The van der Waals surface area contributed by atoms with E-state index in [-0.39, 0.29) is 0 Å². The fourth-order valence-electron chi connectivity index (χ4n) is 0.891. The third kappa shape index (κ3) is 9.66. The Morgan fingerprint density at radius 3 is 1.58 bits per heavy atom. The molecule has 0 aliphatic carbocycles. The largest absolute Gasteiger partial charge is 0.313 e. The van der Waals surface area contributed by atoms with Crippen LogP contribution in [0.1, 0.15) is 26.7 Å². The molecule has 0 saturated carbocycles. The number of rotatable bonds is 8. The van der Waals surface area contributed by atoms with E-state index in [1.54, 1.807) is 0 Å². The summed E-state index contributed by atoms with van der Waals surface area (Å²) in [5.41, 5.74) is 0. The van der Waals surface area contributed by atoms with Gasteiger partial charge in [-0.3, -0.25) is 0 Å². The quantitative estimate of drug-likeness (QED) is 0.426. The normalized spacial score (nSPS) is 11.2. The van der Waals surface area contributed by atoms with Gasteiger partial charge in [-0.25, -0.2) is 0 Å². The molecule has 0 atom stereocenters. The van der Waals surface area contributed by atoms with E-state index in [9.17, 15) is 0 Å². The maximum absolute atomic E-state index is 3.31. The highest BCUT2D eigenvalue weighted by molar-refractivity contribution is 4.85. The molecule has 0 fully saturated rings. The molecule has 0 heterocycles. The Balaban J connectivity index is 2.93. The zero-order valence-electron chi connectivity index (χ0n) is 8.40. The Kier molecular flexibility index (Phi) is 10.4. The fraction of sp³-hybridized carbons (Fsp3) is 0.800. The Morgan fingerprint density at radius 1 is 0.833 bits per heavy atom. The predicted octanol–water partition coefficient (Wildman–Crippen LogP) is 1.54. The molecular formula is C10H22N2. The van der Waals surface area contributed by atoms with Gasteiger partial charge in [-0.1, -0.05) is 26.0 Å². The van der Waals surface area contributed by atoms with Crippen LogP contribution in [0.4, 0.5) is 0 Å². The smallest absolute Gasteiger partial charge is 0.0135 e. The summed E-state index contributed by atoms with van der Waals surface area (Å²) in [7, 11) is 0. The molecule has 72 valence electrons. The van der Waals surface area contributed by atoms with Gasteiger partial charge < -0.3 is 10.6 Å². The minimum Gasteiger partial charge on any atom is -0.313 e. The van der Waals surface area contributed by atoms with Crippen molar-refractivity contribution in [2.75, 3.05) is 26.2 Å². The molecule has 0 rings (SSSR count). The zero-order chi connectivity index (χ0) is 9.07. The van der Waals surface area contributed by atoms with Crippen LogP contribution in [0.3, 0.4) is 0 Å². The second-order valence-corrected chi connectivity index (χ2v) is 2.88. The highest BCUT2D eigenvalue weighted by Gasteiger charge is 1.79. The summed E-state index contributed by atoms with van der Waals surface area (Å²) in [5, 5.41) is 6.62. The maximum Gasteiger partial charge on any atom is 0.0135 e. The van der Waals surface area contributed by atoms with E-state index in [1.807, 2.05) is 0 Å². The Labute approximate surface area is 76.4 Å². The first-order valence-electron chi connectivity index (χ1n) is 4.98. The molecule has 2 N–H and O–H groups in total. The summed E-state index contributed by atoms with van der Waals surface area (Å²) < 4.78 is 0. The van der Waals surface area contributed by atoms with Crippen LogP contribution in [0.15, 0.2) is 12.2 Å². The second-order valence-electron chi connectivity index (χ2n) is 2.88. The van der Waals surface area contributed by atoms with Gasteiger partial charge in [0.15, 0.2) is 0 Å². The van der Waals surface area contributed by atoms with Crippen LogP contribution >= 0.6 is 0 Å². The number of hydrogen-bond donors (Lipinski definition) is 2. The first-order chi connectivity index (χ1) is 5.91. The molecule has 0 aromatic carbocycles. The van der Waals surface area contributed by atoms with E-state index in [2.05, 4.69) is 36.6 Å². The molecule has 12 heavy (non-hydrogen) atoms. The number of hydrogen-bond acceptors (Lipinski definition) is 2. The molecule has 0 radical (unpaired) electrons. The first-order valence-corrected chi connectivity index (χ1v) is 4.98. The van der Waals surface area contributed by atoms with E-state index < -0.39 is 0 Å². The van der Waals surface area contributed by atoms with E-state index in [0.717, 1.165) is 26.2 Å². The molecule has 0 saturated heterocycles. The maximum atomic E-state index is 3.31. The fourth-order valence-corrected chi connectivity index (χ4v) is 0.891. The van der Waals surface area contributed by atoms with Gasteiger partial charge in [-0.2, -0.15) is 0 Å². The van der Waals surface area contributed by atoms with Crippen molar-refractivity contribution in [2.45, 2.75) is 26.7 Å². The molecule has 2 heteroatoms. The lowest BCUT2D eigenvalue weighted by Gasteiger charge is -1.97. The van der Waals surface area contributed by atoms with Gasteiger partial charge >= 0.3 is 0 Å². The van der Waals surface area contributed by atoms with Crippen molar-refractivity contribution in [1.82, 2.24) is 10.6 Å². The summed E-state index contributed by atoms with van der Waals surface area (Å²) >= 11 is 0. The van der Waals surface area contributed by atoms with Crippen molar-refractivity contribution in [1.29, 1.82) is 0 Å². The van der Waals surface area contributed by atoms with Crippen LogP contribution in [0.25, 0.3) is 0 Å². The lowest BCUT2D eigenvalue weighted by Crippen LogP contribution is -2.16. The van der Waals surface area contributed by atoms with E-state index in [1.165, 1.54) is 12.8 Å². The Morgan fingerprint density at radius 2 is 1.25 bits per heavy atom. The lowest BCUT2D eigenvalue weighted by atomic mass is 10.4. The van der Waals surface area contributed by atoms with Gasteiger partial charge in [0, 0.05) is 13.1 Å². The van der Waals surface area contributed by atoms with Crippen molar-refractivity contribution < 1.29 is 0 Å². The molecule has 0 aromatic rings. The highest BCUT2D eigenvalue weighted by atomic mass is 14.8. The molecule has 0 amide bonds. The van der Waals surface area contributed by atoms with Gasteiger partial charge in [0.25, 0.3) is 0 Å². The Bertz CT molecular complexity index is 88.0. The van der Waals surface area contributed by atoms with E-state index in [4.69, 9.17) is 0 Å². The van der Waals surface area contributed by atoms with E-state index >= 15 is 0 Å². The van der Waals surface area contributed by atoms with Gasteiger partial charge in [-0.15, -0.1) is 0 Å². The van der Waals surface area contributed by atoms with Crippen LogP contribution in [0, 0.1) is 0 Å². The molecule has 0 unspecified atom stereocenters. The van der Waals surface area contributed by atoms with Crippen molar-refractivity contribution >= 4 is 0 Å². The summed E-state index contributed by atoms with van der Waals surface area (Å²) in [6, 6.07) is 0. The molecule has 0 aliphatic rings. The molecule has 0 aromatic heterocycles. The van der Waals surface area contributed by atoms with Gasteiger partial charge in [-0.05, 0) is 25.9 Å². The van der Waals surface area contributed by atoms with Gasteiger partial charge in [0.1, 0.15) is 0 Å². The van der Waals surface area contributed by atoms with Crippen LogP contribution in [-0.2, 0) is 0 Å². The summed E-state index contributed by atoms with van der Waals surface area (Å²) in [6.07, 6.45) is 6.78. The van der Waals surface area contributed by atoms with Crippen molar-refractivity contribution in [3.63, 3.8) is 0 Å². The van der Waals surface area contributed by atoms with Crippen LogP contribution in [-0.4, -0.2) is 26.2 Å². The van der Waals surface area contributed by atoms with Crippen molar-refractivity contribution in [3.8, 4) is 0 Å². The molecule has 0 spiro atoms. The zero-order valence-corrected chi connectivity index (χ0v) is 8.40. The molecule has 2 nitrogen and oxygen atoms in total. The summed E-state index contributed by atoms with van der Waals surface area (Å²) in [6.45, 7) is 8.60. The van der Waals surface area contributed by atoms with Crippen LogP contribution < -0.4 is 10.6 Å². The Hall–Kier alpha value is -0.340. The molecule has 0 bridgehead atoms. The van der Waals surface area contributed by atoms with Crippen molar-refractivity contribution in [2.24, 2.45) is 0 Å². The monoisotopic (exact) mass is 170 g/mol. The minimum atomic E-state index is 1.00. The summed E-state index contributed by atoms with van der Waals surface area (Å²) in [4.78, 5) is 0. The second kappa shape index (κ2) is 10.7. The van der Waals surface area contributed by atoms with Gasteiger partial charge in [0.2, 0.25) is 0 Å². The minimum absolute atomic E-state index is 1.00. The molecule has 0 aliphatic heterocycles. The third-order valence-electron chi connectivity index (χ3n) is 1.54. The van der Waals surface area contributed by atoms with Gasteiger partial charge in [0.05, 0.1) is 0 Å². The average molecular weight is 170 g/mol. The topological polar surface area (TPSA) is 24.1 Å². The number of nitrogens with one attached hydrogen (secondary N) is 2. The van der Waals surface area contributed by atoms with E-state index in [0.29, 0.717) is 0 Å². The molecular weight excluding hydrogens is 148 g/mol. The predicted molar refractivity (Wildman–Crippen MR) is 55.5 cm³/mol. The SMILES string of the molecule is CCCNC/C=C/CNCCC. The van der Waals surface area contributed by atoms with Crippen molar-refractivity contribution in [3.05, 3.63) is 12.2 Å². The lowest BCUT2D eigenvalue weighted by molar-refractivity contribution is 0.716. The first kappa shape index (κ1) is 11.7.